The monoisotopic (exact) mass is 236 g/mol. The van der Waals surface area contributed by atoms with E-state index in [2.05, 4.69) is 4.98 Å². The Kier molecular flexibility index (Phi) is 1.81. The molecule has 0 radical (unpaired) electrons. The van der Waals surface area contributed by atoms with Crippen molar-refractivity contribution in [1.82, 2.24) is 4.98 Å². The Morgan fingerprint density at radius 1 is 1.88 bits per heavy atom. The van der Waals surface area contributed by atoms with Crippen molar-refractivity contribution >= 4 is 33.9 Å². The summed E-state index contributed by atoms with van der Waals surface area (Å²) in [6.45, 7) is 0. The maximum Gasteiger partial charge on any atom is 0.138 e. The molecule has 0 aliphatic carbocycles. The van der Waals surface area contributed by atoms with Gasteiger partial charge in [0, 0.05) is 0 Å². The van der Waals surface area contributed by atoms with Gasteiger partial charge in [-0.25, -0.2) is 4.98 Å². The van der Waals surface area contributed by atoms with Crippen molar-refractivity contribution in [2.24, 2.45) is 0 Å². The fraction of sp³-hybridized carbons (Fsp3) is 0. The van der Waals surface area contributed by atoms with E-state index in [9.17, 15) is 0 Å². The molecule has 0 aromatic carbocycles. The lowest BCUT2D eigenvalue weighted by Gasteiger charge is -1.72. The van der Waals surface area contributed by atoms with E-state index < -0.39 is 0 Å². The predicted molar refractivity (Wildman–Crippen MR) is 39.5 cm³/mol. The molecule has 1 aromatic rings. The van der Waals surface area contributed by atoms with Crippen LogP contribution in [0.15, 0.2) is 5.51 Å². The van der Waals surface area contributed by atoms with Gasteiger partial charge in [-0.1, -0.05) is 0 Å². The quantitative estimate of drug-likeness (QED) is 0.641. The summed E-state index contributed by atoms with van der Waals surface area (Å²) < 4.78 is 0.801. The molecular formula is C4HIN2S. The third kappa shape index (κ3) is 0.980. The highest BCUT2D eigenvalue weighted by atomic mass is 127. The molecule has 0 aliphatic rings. The van der Waals surface area contributed by atoms with E-state index >= 15 is 0 Å². The van der Waals surface area contributed by atoms with E-state index in [0.29, 0.717) is 4.88 Å². The molecule has 0 amide bonds. The van der Waals surface area contributed by atoms with Crippen LogP contribution in [0.5, 0.6) is 0 Å². The molecule has 8 heavy (non-hydrogen) atoms. The zero-order chi connectivity index (χ0) is 5.98. The van der Waals surface area contributed by atoms with Gasteiger partial charge >= 0.3 is 0 Å². The average molecular weight is 236 g/mol. The highest BCUT2D eigenvalue weighted by molar-refractivity contribution is 14.1. The number of halogens is 1. The third-order valence-corrected chi connectivity index (χ3v) is 2.54. The largest absolute Gasteiger partial charge is 0.237 e. The summed E-state index contributed by atoms with van der Waals surface area (Å²) in [5, 5.41) is 8.32. The third-order valence-electron chi connectivity index (χ3n) is 0.626. The molecule has 40 valence electrons. The molecule has 4 heteroatoms. The van der Waals surface area contributed by atoms with Gasteiger partial charge in [-0.3, -0.25) is 0 Å². The van der Waals surface area contributed by atoms with E-state index in [0.717, 1.165) is 3.70 Å². The first-order chi connectivity index (χ1) is 3.84. The number of hydrogen-bond acceptors (Lipinski definition) is 3. The maximum absolute atomic E-state index is 8.32. The van der Waals surface area contributed by atoms with Crippen LogP contribution in [0, 0.1) is 15.0 Å². The number of nitrogens with zero attached hydrogens (tertiary/aromatic N) is 2. The zero-order valence-corrected chi connectivity index (χ0v) is 6.73. The normalized spacial score (nSPS) is 8.50. The van der Waals surface area contributed by atoms with Crippen LogP contribution in [-0.4, -0.2) is 4.98 Å². The number of hydrogen-bond donors (Lipinski definition) is 0. The standard InChI is InChI=1S/C4HIN2S/c5-4-3(1-6)8-2-7-4/h2H. The molecule has 0 unspecified atom stereocenters. The van der Waals surface area contributed by atoms with Gasteiger partial charge in [-0.2, -0.15) is 5.26 Å². The van der Waals surface area contributed by atoms with Crippen LogP contribution in [0.1, 0.15) is 4.88 Å². The lowest BCUT2D eigenvalue weighted by Crippen LogP contribution is -1.69. The van der Waals surface area contributed by atoms with Crippen LogP contribution in [0.3, 0.4) is 0 Å². The first-order valence-corrected chi connectivity index (χ1v) is 3.79. The molecule has 1 aromatic heterocycles. The molecule has 0 N–H and O–H groups in total. The molecule has 1 heterocycles. The second kappa shape index (κ2) is 2.42. The number of nitriles is 1. The van der Waals surface area contributed by atoms with Crippen LogP contribution >= 0.6 is 33.9 Å². The Labute approximate surface area is 64.3 Å². The van der Waals surface area contributed by atoms with Crippen LogP contribution in [0.4, 0.5) is 0 Å². The number of aromatic nitrogens is 1. The van der Waals surface area contributed by atoms with E-state index in [1.54, 1.807) is 5.51 Å². The fourth-order valence-electron chi connectivity index (χ4n) is 0.305. The molecule has 0 aliphatic heterocycles. The summed E-state index contributed by atoms with van der Waals surface area (Å²) in [4.78, 5) is 4.57. The van der Waals surface area contributed by atoms with E-state index in [-0.39, 0.29) is 0 Å². The SMILES string of the molecule is N#Cc1scnc1I. The van der Waals surface area contributed by atoms with Gasteiger partial charge in [0.25, 0.3) is 0 Å². The Morgan fingerprint density at radius 2 is 2.62 bits per heavy atom. The van der Waals surface area contributed by atoms with Crippen LogP contribution in [-0.2, 0) is 0 Å². The molecule has 0 bridgehead atoms. The van der Waals surface area contributed by atoms with Gasteiger partial charge in [0.05, 0.1) is 5.51 Å². The molecule has 2 nitrogen and oxygen atoms in total. The Hall–Kier alpha value is -0.150. The van der Waals surface area contributed by atoms with Gasteiger partial charge in [-0.15, -0.1) is 11.3 Å². The molecule has 0 atom stereocenters. The number of rotatable bonds is 0. The summed E-state index contributed by atoms with van der Waals surface area (Å²) in [5.41, 5.74) is 1.67. The topological polar surface area (TPSA) is 36.7 Å². The lowest BCUT2D eigenvalue weighted by molar-refractivity contribution is 1.34. The molecule has 0 saturated carbocycles. The first-order valence-electron chi connectivity index (χ1n) is 1.83. The van der Waals surface area contributed by atoms with Crippen molar-refractivity contribution in [3.8, 4) is 6.07 Å². The zero-order valence-electron chi connectivity index (χ0n) is 3.76. The molecule has 1 rings (SSSR count). The molecule has 0 spiro atoms. The summed E-state index contributed by atoms with van der Waals surface area (Å²) in [6.07, 6.45) is 0. The molecule has 0 fully saturated rings. The van der Waals surface area contributed by atoms with E-state index in [1.807, 2.05) is 28.7 Å². The fourth-order valence-corrected chi connectivity index (χ4v) is 1.60. The highest BCUT2D eigenvalue weighted by Gasteiger charge is 1.97. The summed E-state index contributed by atoms with van der Waals surface area (Å²) in [5.74, 6) is 0. The van der Waals surface area contributed by atoms with Crippen molar-refractivity contribution in [1.29, 1.82) is 5.26 Å². The minimum absolute atomic E-state index is 0.700. The second-order valence-corrected chi connectivity index (χ2v) is 2.96. The van der Waals surface area contributed by atoms with Crippen molar-refractivity contribution in [2.75, 3.05) is 0 Å². The van der Waals surface area contributed by atoms with Crippen molar-refractivity contribution in [2.45, 2.75) is 0 Å². The summed E-state index contributed by atoms with van der Waals surface area (Å²) >= 11 is 3.40. The predicted octanol–water partition coefficient (Wildman–Crippen LogP) is 1.62. The smallest absolute Gasteiger partial charge is 0.138 e. The molecule has 0 saturated heterocycles. The van der Waals surface area contributed by atoms with Crippen LogP contribution < -0.4 is 0 Å². The molecular weight excluding hydrogens is 235 g/mol. The van der Waals surface area contributed by atoms with Gasteiger partial charge in [-0.05, 0) is 22.6 Å². The Morgan fingerprint density at radius 3 is 2.88 bits per heavy atom. The van der Waals surface area contributed by atoms with Gasteiger partial charge in [0.15, 0.2) is 0 Å². The summed E-state index contributed by atoms with van der Waals surface area (Å²) in [7, 11) is 0. The van der Waals surface area contributed by atoms with Crippen molar-refractivity contribution < 1.29 is 0 Å². The van der Waals surface area contributed by atoms with Crippen molar-refractivity contribution in [3.63, 3.8) is 0 Å². The van der Waals surface area contributed by atoms with E-state index in [1.165, 1.54) is 11.3 Å². The van der Waals surface area contributed by atoms with Gasteiger partial charge in [0.2, 0.25) is 0 Å². The minimum atomic E-state index is 0.700. The van der Waals surface area contributed by atoms with Crippen LogP contribution in [0.25, 0.3) is 0 Å². The van der Waals surface area contributed by atoms with E-state index in [4.69, 9.17) is 5.26 Å². The highest BCUT2D eigenvalue weighted by Crippen LogP contribution is 2.12. The number of thiazole rings is 1. The average Bonchev–Trinajstić information content (AvgIpc) is 2.14. The van der Waals surface area contributed by atoms with Crippen molar-refractivity contribution in [3.05, 3.63) is 14.1 Å². The summed E-state index contributed by atoms with van der Waals surface area (Å²) in [6, 6.07) is 2.02. The first kappa shape index (κ1) is 5.98. The van der Waals surface area contributed by atoms with Gasteiger partial charge in [0.1, 0.15) is 14.6 Å². The second-order valence-electron chi connectivity index (χ2n) is 1.08. The van der Waals surface area contributed by atoms with Crippen LogP contribution in [0.2, 0.25) is 0 Å². The lowest BCUT2D eigenvalue weighted by atomic mass is 10.6. The Balaban J connectivity index is 3.15. The maximum atomic E-state index is 8.32. The Bertz CT molecular complexity index is 224. The minimum Gasteiger partial charge on any atom is -0.237 e. The van der Waals surface area contributed by atoms with Gasteiger partial charge < -0.3 is 0 Å².